The van der Waals surface area contributed by atoms with Gasteiger partial charge in [-0.2, -0.15) is 0 Å². The van der Waals surface area contributed by atoms with E-state index in [0.29, 0.717) is 31.6 Å². The van der Waals surface area contributed by atoms with Crippen molar-refractivity contribution in [1.82, 2.24) is 4.57 Å². The van der Waals surface area contributed by atoms with E-state index in [2.05, 4.69) is 0 Å². The summed E-state index contributed by atoms with van der Waals surface area (Å²) in [6.45, 7) is 2.02. The Bertz CT molecular complexity index is 882. The summed E-state index contributed by atoms with van der Waals surface area (Å²) in [7, 11) is 0. The van der Waals surface area contributed by atoms with Gasteiger partial charge in [0.15, 0.2) is 11.7 Å². The largest absolute Gasteiger partial charge is 0.381 e. The maximum atomic E-state index is 14.7. The topological polar surface area (TPSA) is 71.7 Å². The van der Waals surface area contributed by atoms with Gasteiger partial charge in [0.1, 0.15) is 5.82 Å². The summed E-state index contributed by atoms with van der Waals surface area (Å²) in [6, 6.07) is 4.99. The molecule has 5 nitrogen and oxygen atoms in total. The van der Waals surface area contributed by atoms with Gasteiger partial charge in [0.2, 0.25) is 0 Å². The number of aliphatic hydroxyl groups excluding tert-OH is 1. The molecule has 0 amide bonds. The van der Waals surface area contributed by atoms with Crippen molar-refractivity contribution in [1.29, 1.82) is 0 Å². The minimum Gasteiger partial charge on any atom is -0.381 e. The first-order chi connectivity index (χ1) is 13.0. The Hall–Kier alpha value is -2.02. The first-order valence-electron chi connectivity index (χ1n) is 9.50. The third-order valence-corrected chi connectivity index (χ3v) is 5.53. The van der Waals surface area contributed by atoms with Crippen LogP contribution < -0.4 is 5.43 Å². The maximum Gasteiger partial charge on any atom is 0.197 e. The molecule has 144 valence electrons. The number of hydrogen-bond acceptors (Lipinski definition) is 4. The molecule has 2 N–H and O–H groups in total. The Kier molecular flexibility index (Phi) is 5.12. The number of benzene rings is 1. The lowest BCUT2D eigenvalue weighted by atomic mass is 9.98. The molecule has 0 unspecified atom stereocenters. The third kappa shape index (κ3) is 3.98. The molecule has 1 saturated carbocycles. The predicted octanol–water partition coefficient (Wildman–Crippen LogP) is 2.94. The normalized spacial score (nSPS) is 18.2. The average Bonchev–Trinajstić information content (AvgIpc) is 3.49. The number of aliphatic hydroxyl groups is 2. The molecule has 6 heteroatoms. The second kappa shape index (κ2) is 7.54. The van der Waals surface area contributed by atoms with Crippen molar-refractivity contribution in [2.45, 2.75) is 44.4 Å². The lowest BCUT2D eigenvalue weighted by Crippen LogP contribution is -2.24. The first kappa shape index (κ1) is 18.3. The van der Waals surface area contributed by atoms with Crippen LogP contribution in [0.2, 0.25) is 0 Å². The van der Waals surface area contributed by atoms with E-state index in [9.17, 15) is 19.4 Å². The molecule has 0 radical (unpaired) electrons. The van der Waals surface area contributed by atoms with Gasteiger partial charge in [-0.05, 0) is 49.1 Å². The summed E-state index contributed by atoms with van der Waals surface area (Å²) in [4.78, 5) is 12.7. The summed E-state index contributed by atoms with van der Waals surface area (Å²) in [6.07, 6.45) is 5.14. The monoisotopic (exact) mass is 373 g/mol. The fraction of sp³-hybridized carbons (Fsp3) is 0.476. The van der Waals surface area contributed by atoms with Crippen LogP contribution in [0.1, 0.15) is 49.0 Å². The molecule has 1 aromatic carbocycles. The third-order valence-electron chi connectivity index (χ3n) is 5.53. The number of halogens is 1. The van der Waals surface area contributed by atoms with Gasteiger partial charge in [0.25, 0.3) is 0 Å². The molecule has 1 saturated heterocycles. The highest BCUT2D eigenvalue weighted by atomic mass is 19.1. The van der Waals surface area contributed by atoms with Crippen LogP contribution in [0, 0.1) is 11.7 Å². The molecule has 1 aromatic heterocycles. The first-order valence-corrected chi connectivity index (χ1v) is 9.50. The van der Waals surface area contributed by atoms with E-state index in [0.717, 1.165) is 31.2 Å². The summed E-state index contributed by atoms with van der Waals surface area (Å²) in [5.74, 6) is 0.350. The average molecular weight is 373 g/mol. The smallest absolute Gasteiger partial charge is 0.197 e. The van der Waals surface area contributed by atoms with Crippen LogP contribution in [0.4, 0.5) is 4.39 Å². The lowest BCUT2D eigenvalue weighted by molar-refractivity contribution is -0.0437. The second-order valence-corrected chi connectivity index (χ2v) is 7.60. The number of pyridine rings is 1. The number of hydrogen-bond donors (Lipinski definition) is 2. The predicted molar refractivity (Wildman–Crippen MR) is 98.8 cm³/mol. The lowest BCUT2D eigenvalue weighted by Gasteiger charge is -2.24. The highest BCUT2D eigenvalue weighted by Gasteiger charge is 2.25. The molecule has 27 heavy (non-hydrogen) atoms. The van der Waals surface area contributed by atoms with Gasteiger partial charge in [-0.15, -0.1) is 0 Å². The van der Waals surface area contributed by atoms with E-state index in [4.69, 9.17) is 4.74 Å². The Balaban J connectivity index is 1.73. The van der Waals surface area contributed by atoms with Crippen LogP contribution >= 0.6 is 0 Å². The highest BCUT2D eigenvalue weighted by Crippen LogP contribution is 2.41. The fourth-order valence-electron chi connectivity index (χ4n) is 3.78. The Morgan fingerprint density at radius 3 is 2.48 bits per heavy atom. The molecule has 0 bridgehead atoms. The van der Waals surface area contributed by atoms with E-state index in [1.54, 1.807) is 16.8 Å². The van der Waals surface area contributed by atoms with Crippen LogP contribution in [0.25, 0.3) is 11.1 Å². The Morgan fingerprint density at radius 1 is 1.11 bits per heavy atom. The van der Waals surface area contributed by atoms with Crippen LogP contribution in [0.5, 0.6) is 0 Å². The van der Waals surface area contributed by atoms with E-state index >= 15 is 0 Å². The highest BCUT2D eigenvalue weighted by molar-refractivity contribution is 5.64. The number of rotatable bonds is 5. The number of aromatic nitrogens is 1. The SMILES string of the molecule is O=c1c(-c2ccc(C3CC3)cc2F)cn(CC2CCOCC2)cc1C(O)O. The molecule has 0 spiro atoms. The fourth-order valence-corrected chi connectivity index (χ4v) is 3.78. The molecule has 2 aliphatic rings. The molecule has 2 fully saturated rings. The zero-order chi connectivity index (χ0) is 19.0. The van der Waals surface area contributed by atoms with Crippen LogP contribution in [0.15, 0.2) is 35.4 Å². The summed E-state index contributed by atoms with van der Waals surface area (Å²) in [5.41, 5.74) is 0.633. The summed E-state index contributed by atoms with van der Waals surface area (Å²) >= 11 is 0. The molecule has 1 aliphatic carbocycles. The van der Waals surface area contributed by atoms with Crippen LogP contribution in [-0.4, -0.2) is 28.0 Å². The molecular formula is C21H24FNO4. The minimum absolute atomic E-state index is 0.134. The van der Waals surface area contributed by atoms with Crippen molar-refractivity contribution in [3.05, 3.63) is 57.8 Å². The van der Waals surface area contributed by atoms with Crippen molar-refractivity contribution >= 4 is 0 Å². The zero-order valence-electron chi connectivity index (χ0n) is 15.1. The Morgan fingerprint density at radius 2 is 1.85 bits per heavy atom. The Labute approximate surface area is 157 Å². The van der Waals surface area contributed by atoms with Crippen LogP contribution in [0.3, 0.4) is 0 Å². The molecule has 2 heterocycles. The quantitative estimate of drug-likeness (QED) is 0.791. The summed E-state index contributed by atoms with van der Waals surface area (Å²) in [5, 5.41) is 19.3. The van der Waals surface area contributed by atoms with Gasteiger partial charge in [-0.25, -0.2) is 4.39 Å². The van der Waals surface area contributed by atoms with E-state index in [1.807, 2.05) is 6.07 Å². The molecule has 0 atom stereocenters. The van der Waals surface area contributed by atoms with Crippen molar-refractivity contribution in [2.75, 3.05) is 13.2 Å². The number of ether oxygens (including phenoxy) is 1. The van der Waals surface area contributed by atoms with E-state index in [1.165, 1.54) is 12.3 Å². The van der Waals surface area contributed by atoms with E-state index in [-0.39, 0.29) is 16.7 Å². The van der Waals surface area contributed by atoms with Gasteiger partial charge in [-0.3, -0.25) is 4.79 Å². The molecular weight excluding hydrogens is 349 g/mol. The van der Waals surface area contributed by atoms with Gasteiger partial charge in [0.05, 0.1) is 5.56 Å². The standard InChI is InChI=1S/C21H24FNO4/c22-19-9-15(14-1-2-14)3-4-16(19)17-11-23(10-13-5-7-27-8-6-13)12-18(20(17)24)21(25)26/h3-4,9,11-14,21,25-26H,1-2,5-8,10H2. The number of nitrogens with zero attached hydrogens (tertiary/aromatic N) is 1. The van der Waals surface area contributed by atoms with Crippen molar-refractivity contribution < 1.29 is 19.3 Å². The van der Waals surface area contributed by atoms with Gasteiger partial charge < -0.3 is 19.5 Å². The molecule has 1 aliphatic heterocycles. The van der Waals surface area contributed by atoms with E-state index < -0.39 is 17.5 Å². The van der Waals surface area contributed by atoms with Crippen LogP contribution in [-0.2, 0) is 11.3 Å². The van der Waals surface area contributed by atoms with Crippen molar-refractivity contribution in [3.63, 3.8) is 0 Å². The van der Waals surface area contributed by atoms with Crippen molar-refractivity contribution in [3.8, 4) is 11.1 Å². The summed E-state index contributed by atoms with van der Waals surface area (Å²) < 4.78 is 21.9. The molecule has 4 rings (SSSR count). The van der Waals surface area contributed by atoms with Gasteiger partial charge >= 0.3 is 0 Å². The van der Waals surface area contributed by atoms with Crippen molar-refractivity contribution in [2.24, 2.45) is 5.92 Å². The zero-order valence-corrected chi connectivity index (χ0v) is 15.1. The molecule has 2 aromatic rings. The van der Waals surface area contributed by atoms with Gasteiger partial charge in [0, 0.05) is 43.3 Å². The maximum absolute atomic E-state index is 14.7. The second-order valence-electron chi connectivity index (χ2n) is 7.60. The minimum atomic E-state index is -1.90. The van der Waals surface area contributed by atoms with Gasteiger partial charge in [-0.1, -0.05) is 12.1 Å².